The van der Waals surface area contributed by atoms with Crippen molar-refractivity contribution in [3.63, 3.8) is 0 Å². The van der Waals surface area contributed by atoms with Gasteiger partial charge in [-0.3, -0.25) is 0 Å². The number of methoxy groups -OCH3 is 1. The van der Waals surface area contributed by atoms with E-state index in [1.807, 2.05) is 48.4 Å². The van der Waals surface area contributed by atoms with E-state index in [1.54, 1.807) is 7.11 Å². The molecule has 0 bridgehead atoms. The molecule has 0 saturated carbocycles. The van der Waals surface area contributed by atoms with E-state index in [-0.39, 0.29) is 0 Å². The Hall–Kier alpha value is -1.55. The fraction of sp³-hybridized carbons (Fsp3) is 0.250. The number of ether oxygens (including phenoxy) is 1. The first kappa shape index (κ1) is 12.5. The van der Waals surface area contributed by atoms with Crippen molar-refractivity contribution in [2.24, 2.45) is 5.73 Å². The number of hydrogen-bond acceptors (Lipinski definition) is 2. The zero-order valence-corrected chi connectivity index (χ0v) is 10.3. The van der Waals surface area contributed by atoms with E-state index < -0.39 is 0 Å². The lowest BCUT2D eigenvalue weighted by Crippen LogP contribution is -2.30. The standard InChI is InChI=1S/C12H16N2OS/c1-3-8-14(12(13)16)9-10-4-6-11(15-2)7-5-10/h3-8H,9H2,1-2H3,(H2,13,16)/b8-3-. The maximum absolute atomic E-state index is 5.61. The molecule has 3 nitrogen and oxygen atoms in total. The third-order valence-electron chi connectivity index (χ3n) is 2.12. The summed E-state index contributed by atoms with van der Waals surface area (Å²) in [7, 11) is 1.65. The minimum Gasteiger partial charge on any atom is -0.497 e. The van der Waals surface area contributed by atoms with Crippen LogP contribution < -0.4 is 10.5 Å². The molecule has 1 aromatic rings. The van der Waals surface area contributed by atoms with Crippen LogP contribution in [0.25, 0.3) is 0 Å². The zero-order chi connectivity index (χ0) is 12.0. The van der Waals surface area contributed by atoms with E-state index in [9.17, 15) is 0 Å². The monoisotopic (exact) mass is 236 g/mol. The number of allylic oxidation sites excluding steroid dienone is 1. The predicted octanol–water partition coefficient (Wildman–Crippen LogP) is 2.27. The summed E-state index contributed by atoms with van der Waals surface area (Å²) < 4.78 is 5.09. The molecule has 16 heavy (non-hydrogen) atoms. The van der Waals surface area contributed by atoms with Gasteiger partial charge in [0.15, 0.2) is 5.11 Å². The van der Waals surface area contributed by atoms with Crippen LogP contribution in [0.15, 0.2) is 36.5 Å². The van der Waals surface area contributed by atoms with Crippen molar-refractivity contribution in [3.05, 3.63) is 42.1 Å². The van der Waals surface area contributed by atoms with Gasteiger partial charge in [-0.2, -0.15) is 0 Å². The largest absolute Gasteiger partial charge is 0.497 e. The molecule has 0 fully saturated rings. The molecule has 0 aliphatic rings. The Morgan fingerprint density at radius 2 is 2.06 bits per heavy atom. The Labute approximate surface area is 102 Å². The van der Waals surface area contributed by atoms with Crippen LogP contribution >= 0.6 is 12.2 Å². The van der Waals surface area contributed by atoms with Crippen molar-refractivity contribution in [1.82, 2.24) is 4.90 Å². The highest BCUT2D eigenvalue weighted by Gasteiger charge is 2.03. The van der Waals surface area contributed by atoms with Crippen molar-refractivity contribution < 1.29 is 4.74 Å². The van der Waals surface area contributed by atoms with Gasteiger partial charge in [0.25, 0.3) is 0 Å². The van der Waals surface area contributed by atoms with E-state index >= 15 is 0 Å². The Balaban J connectivity index is 2.73. The highest BCUT2D eigenvalue weighted by Crippen LogP contribution is 2.13. The van der Waals surface area contributed by atoms with Crippen LogP contribution in [-0.4, -0.2) is 17.1 Å². The molecule has 0 radical (unpaired) electrons. The average Bonchev–Trinajstić information content (AvgIpc) is 2.29. The molecule has 0 aliphatic carbocycles. The quantitative estimate of drug-likeness (QED) is 0.814. The van der Waals surface area contributed by atoms with Crippen LogP contribution in [0.1, 0.15) is 12.5 Å². The molecule has 4 heteroatoms. The van der Waals surface area contributed by atoms with Crippen LogP contribution in [-0.2, 0) is 6.54 Å². The summed E-state index contributed by atoms with van der Waals surface area (Å²) >= 11 is 4.96. The maximum atomic E-state index is 5.61. The molecule has 0 aliphatic heterocycles. The molecule has 2 N–H and O–H groups in total. The lowest BCUT2D eigenvalue weighted by molar-refractivity contribution is 0.414. The maximum Gasteiger partial charge on any atom is 0.170 e. The van der Waals surface area contributed by atoms with Gasteiger partial charge in [0, 0.05) is 12.7 Å². The topological polar surface area (TPSA) is 38.5 Å². The molecular weight excluding hydrogens is 220 g/mol. The summed E-state index contributed by atoms with van der Waals surface area (Å²) in [6.07, 6.45) is 3.77. The molecular formula is C12H16N2OS. The van der Waals surface area contributed by atoms with Gasteiger partial charge in [0.1, 0.15) is 5.75 Å². The minimum absolute atomic E-state index is 0.369. The molecule has 1 rings (SSSR count). The van der Waals surface area contributed by atoms with Crippen molar-refractivity contribution in [2.75, 3.05) is 7.11 Å². The molecule has 0 unspecified atom stereocenters. The van der Waals surface area contributed by atoms with Gasteiger partial charge >= 0.3 is 0 Å². The lowest BCUT2D eigenvalue weighted by Gasteiger charge is -2.18. The van der Waals surface area contributed by atoms with Gasteiger partial charge in [0.2, 0.25) is 0 Å². The smallest absolute Gasteiger partial charge is 0.170 e. The first-order valence-corrected chi connectivity index (χ1v) is 5.40. The van der Waals surface area contributed by atoms with Crippen molar-refractivity contribution in [1.29, 1.82) is 0 Å². The zero-order valence-electron chi connectivity index (χ0n) is 9.51. The van der Waals surface area contributed by atoms with Crippen LogP contribution in [0, 0.1) is 0 Å². The summed E-state index contributed by atoms with van der Waals surface area (Å²) in [4.78, 5) is 1.82. The number of hydrogen-bond donors (Lipinski definition) is 1. The summed E-state index contributed by atoms with van der Waals surface area (Å²) in [5.74, 6) is 0.844. The van der Waals surface area contributed by atoms with E-state index in [0.29, 0.717) is 11.7 Å². The molecule has 1 aromatic carbocycles. The van der Waals surface area contributed by atoms with Crippen molar-refractivity contribution in [3.8, 4) is 5.75 Å². The molecule has 0 spiro atoms. The van der Waals surface area contributed by atoms with E-state index in [1.165, 1.54) is 0 Å². The molecule has 86 valence electrons. The number of thiocarbonyl (C=S) groups is 1. The highest BCUT2D eigenvalue weighted by molar-refractivity contribution is 7.80. The fourth-order valence-electron chi connectivity index (χ4n) is 1.31. The third kappa shape index (κ3) is 3.55. The molecule has 0 amide bonds. The second-order valence-corrected chi connectivity index (χ2v) is 3.71. The summed E-state index contributed by atoms with van der Waals surface area (Å²) in [5, 5.41) is 0.369. The number of rotatable bonds is 4. The first-order valence-electron chi connectivity index (χ1n) is 4.99. The van der Waals surface area contributed by atoms with Gasteiger partial charge in [-0.05, 0) is 36.8 Å². The van der Waals surface area contributed by atoms with Gasteiger partial charge in [-0.25, -0.2) is 0 Å². The minimum atomic E-state index is 0.369. The number of nitrogens with two attached hydrogens (primary N) is 1. The number of nitrogens with zero attached hydrogens (tertiary/aromatic N) is 1. The Morgan fingerprint density at radius 3 is 2.50 bits per heavy atom. The first-order chi connectivity index (χ1) is 7.67. The fourth-order valence-corrected chi connectivity index (χ4v) is 1.44. The van der Waals surface area contributed by atoms with Gasteiger partial charge < -0.3 is 15.4 Å². The average molecular weight is 236 g/mol. The van der Waals surface area contributed by atoms with Gasteiger partial charge in [0.05, 0.1) is 7.11 Å². The van der Waals surface area contributed by atoms with Crippen molar-refractivity contribution >= 4 is 17.3 Å². The summed E-state index contributed by atoms with van der Waals surface area (Å²) in [6.45, 7) is 2.60. The van der Waals surface area contributed by atoms with Crippen LogP contribution in [0.4, 0.5) is 0 Å². The SMILES string of the molecule is C/C=C\N(Cc1ccc(OC)cc1)C(N)=S. The van der Waals surface area contributed by atoms with E-state index in [0.717, 1.165) is 11.3 Å². The molecule has 0 aromatic heterocycles. The van der Waals surface area contributed by atoms with E-state index in [2.05, 4.69) is 0 Å². The highest BCUT2D eigenvalue weighted by atomic mass is 32.1. The molecule has 0 heterocycles. The summed E-state index contributed by atoms with van der Waals surface area (Å²) in [5.41, 5.74) is 6.74. The second kappa shape index (κ2) is 6.12. The Morgan fingerprint density at radius 1 is 1.44 bits per heavy atom. The van der Waals surface area contributed by atoms with Crippen LogP contribution in [0.5, 0.6) is 5.75 Å². The number of benzene rings is 1. The molecule has 0 saturated heterocycles. The third-order valence-corrected chi connectivity index (χ3v) is 2.36. The van der Waals surface area contributed by atoms with Crippen molar-refractivity contribution in [2.45, 2.75) is 13.5 Å². The van der Waals surface area contributed by atoms with Gasteiger partial charge in [-0.1, -0.05) is 18.2 Å². The Bertz CT molecular complexity index is 373. The van der Waals surface area contributed by atoms with Gasteiger partial charge in [-0.15, -0.1) is 0 Å². The Kier molecular flexibility index (Phi) is 4.79. The molecule has 0 atom stereocenters. The van der Waals surface area contributed by atoms with Crippen LogP contribution in [0.2, 0.25) is 0 Å². The van der Waals surface area contributed by atoms with E-state index in [4.69, 9.17) is 22.7 Å². The summed E-state index contributed by atoms with van der Waals surface area (Å²) in [6, 6.07) is 7.83. The van der Waals surface area contributed by atoms with Crippen LogP contribution in [0.3, 0.4) is 0 Å². The second-order valence-electron chi connectivity index (χ2n) is 3.30. The normalized spacial score (nSPS) is 10.4. The predicted molar refractivity (Wildman–Crippen MR) is 70.1 cm³/mol. The lowest BCUT2D eigenvalue weighted by atomic mass is 10.2.